The SMILES string of the molecule is COc1ccc(OC)c(C2CN(C(=O)C3CCCC3)CC2C(=O)N2CCN(c3ccccc3C)CC2)c1. The zero-order chi connectivity index (χ0) is 25.9. The second-order valence-corrected chi connectivity index (χ2v) is 10.6. The zero-order valence-electron chi connectivity index (χ0n) is 22.3. The van der Waals surface area contributed by atoms with Gasteiger partial charge in [0.2, 0.25) is 11.8 Å². The van der Waals surface area contributed by atoms with Crippen molar-refractivity contribution >= 4 is 17.5 Å². The number of piperazine rings is 1. The molecule has 198 valence electrons. The number of methoxy groups -OCH3 is 2. The van der Waals surface area contributed by atoms with Crippen molar-refractivity contribution in [3.8, 4) is 11.5 Å². The van der Waals surface area contributed by atoms with Crippen molar-refractivity contribution < 1.29 is 19.1 Å². The highest BCUT2D eigenvalue weighted by molar-refractivity contribution is 5.85. The molecule has 0 bridgehead atoms. The number of carbonyl (C=O) groups is 2. The number of benzene rings is 2. The second-order valence-electron chi connectivity index (χ2n) is 10.6. The van der Waals surface area contributed by atoms with Crippen LogP contribution in [0.3, 0.4) is 0 Å². The molecule has 5 rings (SSSR count). The molecule has 3 fully saturated rings. The van der Waals surface area contributed by atoms with Gasteiger partial charge in [-0.15, -0.1) is 0 Å². The smallest absolute Gasteiger partial charge is 0.228 e. The van der Waals surface area contributed by atoms with Crippen LogP contribution in [0.15, 0.2) is 42.5 Å². The van der Waals surface area contributed by atoms with Gasteiger partial charge in [0.05, 0.1) is 20.1 Å². The van der Waals surface area contributed by atoms with E-state index in [9.17, 15) is 9.59 Å². The first-order chi connectivity index (χ1) is 18.0. The van der Waals surface area contributed by atoms with Crippen LogP contribution in [-0.4, -0.2) is 75.1 Å². The van der Waals surface area contributed by atoms with Gasteiger partial charge in [0.25, 0.3) is 0 Å². The summed E-state index contributed by atoms with van der Waals surface area (Å²) in [6, 6.07) is 14.2. The van der Waals surface area contributed by atoms with E-state index in [1.807, 2.05) is 28.0 Å². The molecule has 0 aromatic heterocycles. The summed E-state index contributed by atoms with van der Waals surface area (Å²) >= 11 is 0. The summed E-state index contributed by atoms with van der Waals surface area (Å²) in [4.78, 5) is 33.8. The third kappa shape index (κ3) is 5.13. The third-order valence-electron chi connectivity index (χ3n) is 8.54. The van der Waals surface area contributed by atoms with Crippen molar-refractivity contribution in [2.75, 3.05) is 58.4 Å². The van der Waals surface area contributed by atoms with Crippen LogP contribution in [0.25, 0.3) is 0 Å². The Morgan fingerprint density at radius 2 is 1.57 bits per heavy atom. The Kier molecular flexibility index (Phi) is 7.58. The van der Waals surface area contributed by atoms with Gasteiger partial charge in [0.1, 0.15) is 11.5 Å². The Hall–Kier alpha value is -3.22. The van der Waals surface area contributed by atoms with Crippen LogP contribution in [0.4, 0.5) is 5.69 Å². The topological polar surface area (TPSA) is 62.3 Å². The molecule has 37 heavy (non-hydrogen) atoms. The minimum absolute atomic E-state index is 0.0966. The van der Waals surface area contributed by atoms with E-state index in [4.69, 9.17) is 9.47 Å². The summed E-state index contributed by atoms with van der Waals surface area (Å²) in [6.45, 7) is 6.12. The van der Waals surface area contributed by atoms with Crippen molar-refractivity contribution in [3.63, 3.8) is 0 Å². The molecule has 2 aliphatic heterocycles. The predicted molar refractivity (Wildman–Crippen MR) is 144 cm³/mol. The van der Waals surface area contributed by atoms with Gasteiger partial charge in [-0.05, 0) is 49.6 Å². The van der Waals surface area contributed by atoms with Gasteiger partial charge < -0.3 is 24.2 Å². The van der Waals surface area contributed by atoms with Crippen LogP contribution in [-0.2, 0) is 9.59 Å². The third-order valence-corrected chi connectivity index (χ3v) is 8.54. The second kappa shape index (κ2) is 11.0. The van der Waals surface area contributed by atoms with E-state index in [1.54, 1.807) is 14.2 Å². The molecule has 0 N–H and O–H groups in total. The lowest BCUT2D eigenvalue weighted by Crippen LogP contribution is -2.51. The average molecular weight is 506 g/mol. The number of para-hydroxylation sites is 1. The molecule has 2 heterocycles. The van der Waals surface area contributed by atoms with E-state index in [-0.39, 0.29) is 29.6 Å². The lowest BCUT2D eigenvalue weighted by atomic mass is 9.87. The molecule has 3 aliphatic rings. The number of carbonyl (C=O) groups excluding carboxylic acids is 2. The highest BCUT2D eigenvalue weighted by Gasteiger charge is 2.45. The van der Waals surface area contributed by atoms with Gasteiger partial charge in [0, 0.05) is 62.4 Å². The molecule has 2 saturated heterocycles. The van der Waals surface area contributed by atoms with Crippen molar-refractivity contribution in [2.24, 2.45) is 11.8 Å². The summed E-state index contributed by atoms with van der Waals surface area (Å²) in [7, 11) is 3.30. The van der Waals surface area contributed by atoms with Crippen molar-refractivity contribution in [2.45, 2.75) is 38.5 Å². The molecule has 7 nitrogen and oxygen atoms in total. The van der Waals surface area contributed by atoms with E-state index in [0.29, 0.717) is 26.2 Å². The van der Waals surface area contributed by atoms with Gasteiger partial charge in [-0.3, -0.25) is 9.59 Å². The van der Waals surface area contributed by atoms with Crippen LogP contribution in [0.1, 0.15) is 42.7 Å². The number of hydrogen-bond donors (Lipinski definition) is 0. The molecule has 1 saturated carbocycles. The average Bonchev–Trinajstić information content (AvgIpc) is 3.63. The maximum absolute atomic E-state index is 14.0. The minimum atomic E-state index is -0.295. The highest BCUT2D eigenvalue weighted by Crippen LogP contribution is 2.41. The van der Waals surface area contributed by atoms with Crippen LogP contribution >= 0.6 is 0 Å². The van der Waals surface area contributed by atoms with E-state index in [2.05, 4.69) is 36.1 Å². The molecule has 7 heteroatoms. The van der Waals surface area contributed by atoms with Crippen molar-refractivity contribution in [1.29, 1.82) is 0 Å². The summed E-state index contributed by atoms with van der Waals surface area (Å²) in [6.07, 6.45) is 4.15. The highest BCUT2D eigenvalue weighted by atomic mass is 16.5. The quantitative estimate of drug-likeness (QED) is 0.592. The Morgan fingerprint density at radius 1 is 0.838 bits per heavy atom. The number of ether oxygens (including phenoxy) is 2. The van der Waals surface area contributed by atoms with Crippen molar-refractivity contribution in [1.82, 2.24) is 9.80 Å². The summed E-state index contributed by atoms with van der Waals surface area (Å²) in [5.74, 6) is 1.50. The van der Waals surface area contributed by atoms with Crippen LogP contribution in [0.2, 0.25) is 0 Å². The summed E-state index contributed by atoms with van der Waals surface area (Å²) in [5.41, 5.74) is 3.44. The monoisotopic (exact) mass is 505 g/mol. The van der Waals surface area contributed by atoms with Gasteiger partial charge >= 0.3 is 0 Å². The Balaban J connectivity index is 1.37. The number of anilines is 1. The van der Waals surface area contributed by atoms with Crippen LogP contribution in [0, 0.1) is 18.8 Å². The molecule has 2 amide bonds. The zero-order valence-corrected chi connectivity index (χ0v) is 22.3. The maximum Gasteiger partial charge on any atom is 0.228 e. The molecule has 1 aliphatic carbocycles. The number of hydrogen-bond acceptors (Lipinski definition) is 5. The fourth-order valence-electron chi connectivity index (χ4n) is 6.43. The minimum Gasteiger partial charge on any atom is -0.497 e. The van der Waals surface area contributed by atoms with Gasteiger partial charge in [-0.2, -0.15) is 0 Å². The van der Waals surface area contributed by atoms with Gasteiger partial charge in [0.15, 0.2) is 0 Å². The maximum atomic E-state index is 14.0. The molecular formula is C30H39N3O4. The molecule has 2 aromatic rings. The van der Waals surface area contributed by atoms with Gasteiger partial charge in [-0.1, -0.05) is 31.0 Å². The Labute approximate surface area is 220 Å². The molecule has 2 aromatic carbocycles. The molecule has 0 spiro atoms. The molecular weight excluding hydrogens is 466 g/mol. The lowest BCUT2D eigenvalue weighted by molar-refractivity contribution is -0.137. The normalized spacial score (nSPS) is 22.4. The standard InChI is InChI=1S/C30H39N3O4/c1-21-8-4-7-11-27(21)31-14-16-32(17-15-31)30(35)26-20-33(29(34)22-9-5-6-10-22)19-25(26)24-18-23(36-2)12-13-28(24)37-3/h4,7-8,11-13,18,22,25-26H,5-6,9-10,14-17,19-20H2,1-3H3. The summed E-state index contributed by atoms with van der Waals surface area (Å²) in [5, 5.41) is 0. The van der Waals surface area contributed by atoms with E-state index >= 15 is 0 Å². The number of amides is 2. The molecule has 2 unspecified atom stereocenters. The first kappa shape index (κ1) is 25.4. The summed E-state index contributed by atoms with van der Waals surface area (Å²) < 4.78 is 11.2. The lowest BCUT2D eigenvalue weighted by Gasteiger charge is -2.38. The van der Waals surface area contributed by atoms with E-state index in [1.165, 1.54) is 11.3 Å². The fraction of sp³-hybridized carbons (Fsp3) is 0.533. The Bertz CT molecular complexity index is 1120. The molecule has 2 atom stereocenters. The first-order valence-electron chi connectivity index (χ1n) is 13.6. The van der Waals surface area contributed by atoms with E-state index < -0.39 is 0 Å². The number of rotatable bonds is 6. The molecule has 0 radical (unpaired) electrons. The Morgan fingerprint density at radius 3 is 2.24 bits per heavy atom. The predicted octanol–water partition coefficient (Wildman–Crippen LogP) is 4.09. The first-order valence-corrected chi connectivity index (χ1v) is 13.6. The number of likely N-dealkylation sites (tertiary alicyclic amines) is 1. The fourth-order valence-corrected chi connectivity index (χ4v) is 6.43. The number of nitrogens with zero attached hydrogens (tertiary/aromatic N) is 3. The van der Waals surface area contributed by atoms with Crippen molar-refractivity contribution in [3.05, 3.63) is 53.6 Å². The number of aryl methyl sites for hydroxylation is 1. The van der Waals surface area contributed by atoms with Crippen LogP contribution in [0.5, 0.6) is 11.5 Å². The van der Waals surface area contributed by atoms with Crippen LogP contribution < -0.4 is 14.4 Å². The largest absolute Gasteiger partial charge is 0.497 e. The van der Waals surface area contributed by atoms with Gasteiger partial charge in [-0.25, -0.2) is 0 Å². The van der Waals surface area contributed by atoms with E-state index in [0.717, 1.165) is 55.8 Å².